The van der Waals surface area contributed by atoms with E-state index in [0.717, 1.165) is 17.7 Å². The van der Waals surface area contributed by atoms with Crippen LogP contribution in [0.2, 0.25) is 0 Å². The van der Waals surface area contributed by atoms with E-state index in [-0.39, 0.29) is 23.4 Å². The van der Waals surface area contributed by atoms with E-state index in [4.69, 9.17) is 10.1 Å². The predicted molar refractivity (Wildman–Crippen MR) is 95.8 cm³/mol. The number of rotatable bonds is 3. The lowest BCUT2D eigenvalue weighted by Gasteiger charge is -2.29. The summed E-state index contributed by atoms with van der Waals surface area (Å²) >= 11 is 0. The fraction of sp³-hybridized carbons (Fsp3) is 0.571. The van der Waals surface area contributed by atoms with Crippen molar-refractivity contribution in [3.63, 3.8) is 0 Å². The van der Waals surface area contributed by atoms with Crippen LogP contribution in [0.15, 0.2) is 15.9 Å². The Hall–Kier alpha value is -2.17. The van der Waals surface area contributed by atoms with Crippen molar-refractivity contribution in [2.45, 2.75) is 13.0 Å². The van der Waals surface area contributed by atoms with Gasteiger partial charge in [-0.25, -0.2) is 9.78 Å². The SMILES string of the molecule is Cl.Cn1c(=O)c2c(ncn2CCC(=N)N2CCOCC2)n(C)c1=O.O. The maximum absolute atomic E-state index is 12.3. The molecule has 0 spiro atoms. The molecule has 0 aliphatic carbocycles. The molecule has 0 bridgehead atoms. The molecule has 11 heteroatoms. The summed E-state index contributed by atoms with van der Waals surface area (Å²) in [6.45, 7) is 3.19. The van der Waals surface area contributed by atoms with Gasteiger partial charge < -0.3 is 19.7 Å². The number of aryl methyl sites for hydroxylation is 2. The van der Waals surface area contributed by atoms with Crippen molar-refractivity contribution in [2.24, 2.45) is 14.1 Å². The van der Waals surface area contributed by atoms with Crippen LogP contribution in [0.5, 0.6) is 0 Å². The number of fused-ring (bicyclic) bond motifs is 1. The van der Waals surface area contributed by atoms with Crippen LogP contribution in [-0.2, 0) is 25.4 Å². The van der Waals surface area contributed by atoms with Crippen molar-refractivity contribution in [1.29, 1.82) is 5.41 Å². The van der Waals surface area contributed by atoms with Gasteiger partial charge in [-0.15, -0.1) is 12.4 Å². The van der Waals surface area contributed by atoms with E-state index in [1.807, 2.05) is 4.90 Å². The highest BCUT2D eigenvalue weighted by Gasteiger charge is 2.16. The molecule has 2 aromatic rings. The third-order valence-corrected chi connectivity index (χ3v) is 4.20. The van der Waals surface area contributed by atoms with Crippen molar-refractivity contribution >= 4 is 29.4 Å². The smallest absolute Gasteiger partial charge is 0.332 e. The fourth-order valence-electron chi connectivity index (χ4n) is 2.78. The van der Waals surface area contributed by atoms with Gasteiger partial charge in [-0.2, -0.15) is 0 Å². The largest absolute Gasteiger partial charge is 0.412 e. The standard InChI is InChI=1S/C14H20N6O3.ClH.H2O/c1-17-12-11(13(21)18(2)14(17)22)20(9-16-12)4-3-10(15)19-5-7-23-8-6-19;;/h9,15H,3-8H2,1-2H3;1H;1H2. The summed E-state index contributed by atoms with van der Waals surface area (Å²) in [5.41, 5.74) is 0.00712. The Labute approximate surface area is 149 Å². The number of ether oxygens (including phenoxy) is 1. The maximum atomic E-state index is 12.3. The molecule has 10 nitrogen and oxygen atoms in total. The zero-order chi connectivity index (χ0) is 16.6. The van der Waals surface area contributed by atoms with E-state index < -0.39 is 5.69 Å². The highest BCUT2D eigenvalue weighted by Crippen LogP contribution is 2.08. The monoisotopic (exact) mass is 374 g/mol. The number of imidazole rings is 1. The van der Waals surface area contributed by atoms with Gasteiger partial charge in [-0.3, -0.25) is 19.3 Å². The van der Waals surface area contributed by atoms with Crippen LogP contribution in [0, 0.1) is 5.41 Å². The first-order valence-electron chi connectivity index (χ1n) is 7.51. The molecule has 0 saturated carbocycles. The zero-order valence-electron chi connectivity index (χ0n) is 14.2. The molecular formula is C14H23ClN6O4. The minimum atomic E-state index is -0.395. The van der Waals surface area contributed by atoms with Gasteiger partial charge in [0.25, 0.3) is 5.56 Å². The number of hydrogen-bond donors (Lipinski definition) is 1. The molecule has 1 aliphatic heterocycles. The summed E-state index contributed by atoms with van der Waals surface area (Å²) in [5.74, 6) is 0.525. The molecule has 140 valence electrons. The number of hydrogen-bond acceptors (Lipinski definition) is 5. The Morgan fingerprint density at radius 1 is 1.24 bits per heavy atom. The normalized spacial score (nSPS) is 14.1. The summed E-state index contributed by atoms with van der Waals surface area (Å²) in [6, 6.07) is 0. The lowest BCUT2D eigenvalue weighted by molar-refractivity contribution is 0.0667. The van der Waals surface area contributed by atoms with Crippen LogP contribution >= 0.6 is 12.4 Å². The Kier molecular flexibility index (Phi) is 6.91. The lowest BCUT2D eigenvalue weighted by atomic mass is 10.3. The molecule has 0 atom stereocenters. The molecule has 1 fully saturated rings. The van der Waals surface area contributed by atoms with E-state index in [1.165, 1.54) is 11.6 Å². The van der Waals surface area contributed by atoms with Crippen molar-refractivity contribution in [3.8, 4) is 0 Å². The van der Waals surface area contributed by atoms with Crippen molar-refractivity contribution in [2.75, 3.05) is 26.3 Å². The molecule has 0 unspecified atom stereocenters. The van der Waals surface area contributed by atoms with E-state index in [2.05, 4.69) is 4.98 Å². The molecule has 0 radical (unpaired) electrons. The maximum Gasteiger partial charge on any atom is 0.332 e. The van der Waals surface area contributed by atoms with Crippen LogP contribution in [0.3, 0.4) is 0 Å². The van der Waals surface area contributed by atoms with Gasteiger partial charge in [0, 0.05) is 40.2 Å². The van der Waals surface area contributed by atoms with Crippen molar-refractivity contribution in [1.82, 2.24) is 23.6 Å². The fourth-order valence-corrected chi connectivity index (χ4v) is 2.78. The van der Waals surface area contributed by atoms with E-state index in [1.54, 1.807) is 17.9 Å². The van der Waals surface area contributed by atoms with Crippen molar-refractivity contribution < 1.29 is 10.2 Å². The Balaban J connectivity index is 0.00000156. The molecule has 2 aromatic heterocycles. The van der Waals surface area contributed by atoms with Crippen LogP contribution in [0.1, 0.15) is 6.42 Å². The number of nitrogens with zero attached hydrogens (tertiary/aromatic N) is 5. The second-order valence-corrected chi connectivity index (χ2v) is 5.61. The summed E-state index contributed by atoms with van der Waals surface area (Å²) < 4.78 is 9.43. The summed E-state index contributed by atoms with van der Waals surface area (Å²) in [5, 5.41) is 8.16. The molecule has 3 N–H and O–H groups in total. The number of amidine groups is 1. The molecule has 0 aromatic carbocycles. The van der Waals surface area contributed by atoms with Gasteiger partial charge in [-0.05, 0) is 0 Å². The first-order chi connectivity index (χ1) is 11.0. The molecular weight excluding hydrogens is 352 g/mol. The molecule has 3 rings (SSSR count). The molecule has 0 amide bonds. The minimum Gasteiger partial charge on any atom is -0.412 e. The highest BCUT2D eigenvalue weighted by molar-refractivity contribution is 5.85. The summed E-state index contributed by atoms with van der Waals surface area (Å²) in [7, 11) is 3.05. The van der Waals surface area contributed by atoms with Gasteiger partial charge in [0.15, 0.2) is 11.2 Å². The highest BCUT2D eigenvalue weighted by atomic mass is 35.5. The second kappa shape index (κ2) is 8.28. The quantitative estimate of drug-likeness (QED) is 0.529. The van der Waals surface area contributed by atoms with Crippen LogP contribution in [0.4, 0.5) is 0 Å². The lowest BCUT2D eigenvalue weighted by Crippen LogP contribution is -2.40. The number of halogens is 1. The average molecular weight is 375 g/mol. The number of aromatic nitrogens is 4. The first kappa shape index (κ1) is 20.9. The average Bonchev–Trinajstić information content (AvgIpc) is 3.00. The summed E-state index contributed by atoms with van der Waals surface area (Å²) in [4.78, 5) is 30.4. The molecule has 1 saturated heterocycles. The van der Waals surface area contributed by atoms with Crippen molar-refractivity contribution in [3.05, 3.63) is 27.2 Å². The van der Waals surface area contributed by atoms with Gasteiger partial charge in [0.2, 0.25) is 0 Å². The van der Waals surface area contributed by atoms with Gasteiger partial charge >= 0.3 is 5.69 Å². The van der Waals surface area contributed by atoms with Gasteiger partial charge in [0.1, 0.15) is 0 Å². The van der Waals surface area contributed by atoms with Crippen LogP contribution < -0.4 is 11.2 Å². The molecule has 25 heavy (non-hydrogen) atoms. The zero-order valence-corrected chi connectivity index (χ0v) is 15.0. The second-order valence-electron chi connectivity index (χ2n) is 5.61. The minimum absolute atomic E-state index is 0. The van der Waals surface area contributed by atoms with E-state index >= 15 is 0 Å². The topological polar surface area (TPSA) is 130 Å². The summed E-state index contributed by atoms with van der Waals surface area (Å²) in [6.07, 6.45) is 2.05. The van der Waals surface area contributed by atoms with Crippen LogP contribution in [0.25, 0.3) is 11.2 Å². The molecule has 1 aliphatic rings. The van der Waals surface area contributed by atoms with Crippen LogP contribution in [-0.4, -0.2) is 61.2 Å². The Morgan fingerprint density at radius 2 is 1.88 bits per heavy atom. The third-order valence-electron chi connectivity index (χ3n) is 4.20. The Bertz CT molecular complexity index is 865. The predicted octanol–water partition coefficient (Wildman–Crippen LogP) is -1.27. The van der Waals surface area contributed by atoms with Gasteiger partial charge in [0.05, 0.1) is 25.4 Å². The number of nitrogens with one attached hydrogen (secondary N) is 1. The third kappa shape index (κ3) is 3.75. The van der Waals surface area contributed by atoms with Gasteiger partial charge in [-0.1, -0.05) is 0 Å². The van der Waals surface area contributed by atoms with E-state index in [9.17, 15) is 9.59 Å². The first-order valence-corrected chi connectivity index (χ1v) is 7.51. The Morgan fingerprint density at radius 3 is 2.52 bits per heavy atom. The van der Waals surface area contributed by atoms with E-state index in [0.29, 0.717) is 43.2 Å². The molecule has 3 heterocycles. The number of morpholine rings is 1.